The third-order valence-electron chi connectivity index (χ3n) is 5.57. The van der Waals surface area contributed by atoms with Crippen molar-refractivity contribution >= 4 is 44.1 Å². The average molecular weight is 396 g/mol. The summed E-state index contributed by atoms with van der Waals surface area (Å²) in [5, 5.41) is 4.57. The number of hydrogen-bond acceptors (Lipinski definition) is 5. The third-order valence-corrected chi connectivity index (χ3v) is 6.67. The van der Waals surface area contributed by atoms with Crippen LogP contribution in [0.5, 0.6) is 0 Å². The van der Waals surface area contributed by atoms with Crippen LogP contribution in [0.1, 0.15) is 29.1 Å². The Hall–Kier alpha value is -2.71. The van der Waals surface area contributed by atoms with Gasteiger partial charge in [0, 0.05) is 23.4 Å². The molecule has 28 heavy (non-hydrogen) atoms. The van der Waals surface area contributed by atoms with Crippen LogP contribution in [0.25, 0.3) is 21.3 Å². The monoisotopic (exact) mass is 395 g/mol. The fourth-order valence-corrected chi connectivity index (χ4v) is 5.03. The Bertz CT molecular complexity index is 1230. The quantitative estimate of drug-likeness (QED) is 0.427. The van der Waals surface area contributed by atoms with Crippen molar-refractivity contribution in [3.8, 4) is 0 Å². The van der Waals surface area contributed by atoms with Crippen LogP contribution in [-0.2, 0) is 6.54 Å². The second kappa shape index (κ2) is 6.72. The van der Waals surface area contributed by atoms with Crippen LogP contribution < -0.4 is 15.9 Å². The Morgan fingerprint density at radius 1 is 1.14 bits per heavy atom. The summed E-state index contributed by atoms with van der Waals surface area (Å²) in [6.45, 7) is 7.52. The Morgan fingerprint density at radius 2 is 1.93 bits per heavy atom. The van der Waals surface area contributed by atoms with E-state index in [4.69, 9.17) is 9.97 Å². The summed E-state index contributed by atoms with van der Waals surface area (Å²) in [7, 11) is 0. The highest BCUT2D eigenvalue weighted by Crippen LogP contribution is 2.34. The van der Waals surface area contributed by atoms with E-state index in [1.807, 2.05) is 18.2 Å². The number of hydrogen-bond donors (Lipinski definition) is 4. The lowest BCUT2D eigenvalue weighted by Gasteiger charge is -2.13. The summed E-state index contributed by atoms with van der Waals surface area (Å²) < 4.78 is 0. The average Bonchev–Trinajstić information content (AvgIpc) is 3.35. The molecule has 4 N–H and O–H groups in total. The predicted octanol–water partition coefficient (Wildman–Crippen LogP) is 2.40. The van der Waals surface area contributed by atoms with Gasteiger partial charge in [-0.3, -0.25) is 0 Å². The van der Waals surface area contributed by atoms with Gasteiger partial charge in [0.05, 0.1) is 29.5 Å². The number of nitrogens with zero attached hydrogens (tertiary/aromatic N) is 2. The maximum absolute atomic E-state index is 11.5. The van der Waals surface area contributed by atoms with Gasteiger partial charge in [0.25, 0.3) is 0 Å². The minimum absolute atomic E-state index is 0.197. The number of benzene rings is 1. The van der Waals surface area contributed by atoms with Gasteiger partial charge in [0.1, 0.15) is 17.2 Å². The first kappa shape index (κ1) is 17.4. The molecule has 0 atom stereocenters. The molecule has 5 rings (SSSR count). The molecular formula is C20H23N6OS+. The summed E-state index contributed by atoms with van der Waals surface area (Å²) in [5.74, 6) is 1.74. The second-order valence-electron chi connectivity index (χ2n) is 7.55. The number of anilines is 2. The SMILES string of the molecule is Cc1sc2nc(C[NH+]3CCCC3)nc(Nc3ccc4[nH]c(=O)[nH]c4c3)c2c1C. The van der Waals surface area contributed by atoms with Crippen molar-refractivity contribution in [2.24, 2.45) is 0 Å². The zero-order valence-electron chi connectivity index (χ0n) is 16.0. The van der Waals surface area contributed by atoms with E-state index >= 15 is 0 Å². The minimum Gasteiger partial charge on any atom is -0.340 e. The predicted molar refractivity (Wildman–Crippen MR) is 113 cm³/mol. The lowest BCUT2D eigenvalue weighted by Crippen LogP contribution is -3.08. The largest absolute Gasteiger partial charge is 0.340 e. The van der Waals surface area contributed by atoms with Crippen LogP contribution in [0, 0.1) is 13.8 Å². The summed E-state index contributed by atoms with van der Waals surface area (Å²) in [5.41, 5.74) is 3.49. The smallest absolute Gasteiger partial charge is 0.323 e. The Morgan fingerprint density at radius 3 is 2.75 bits per heavy atom. The lowest BCUT2D eigenvalue weighted by atomic mass is 10.2. The molecule has 1 aliphatic heterocycles. The number of nitrogens with one attached hydrogen (secondary N) is 4. The molecule has 0 saturated carbocycles. The molecule has 0 amide bonds. The maximum atomic E-state index is 11.5. The van der Waals surface area contributed by atoms with Crippen molar-refractivity contribution in [3.05, 3.63) is 44.9 Å². The highest BCUT2D eigenvalue weighted by atomic mass is 32.1. The molecule has 0 bridgehead atoms. The number of rotatable bonds is 4. The molecule has 1 saturated heterocycles. The summed E-state index contributed by atoms with van der Waals surface area (Å²) in [4.78, 5) is 30.8. The molecule has 4 heterocycles. The maximum Gasteiger partial charge on any atom is 0.323 e. The van der Waals surface area contributed by atoms with Crippen LogP contribution in [0.3, 0.4) is 0 Å². The van der Waals surface area contributed by atoms with Gasteiger partial charge in [0.15, 0.2) is 5.82 Å². The van der Waals surface area contributed by atoms with Crippen molar-refractivity contribution in [1.82, 2.24) is 19.9 Å². The highest BCUT2D eigenvalue weighted by Gasteiger charge is 2.20. The number of aryl methyl sites for hydroxylation is 2. The second-order valence-corrected chi connectivity index (χ2v) is 8.75. The highest BCUT2D eigenvalue weighted by molar-refractivity contribution is 7.18. The van der Waals surface area contributed by atoms with E-state index in [-0.39, 0.29) is 5.69 Å². The van der Waals surface area contributed by atoms with Gasteiger partial charge >= 0.3 is 5.69 Å². The van der Waals surface area contributed by atoms with E-state index in [0.29, 0.717) is 0 Å². The van der Waals surface area contributed by atoms with Gasteiger partial charge in [-0.05, 0) is 37.6 Å². The van der Waals surface area contributed by atoms with E-state index < -0.39 is 0 Å². The third kappa shape index (κ3) is 3.08. The molecular weight excluding hydrogens is 372 g/mol. The summed E-state index contributed by atoms with van der Waals surface area (Å²) in [6, 6.07) is 5.79. The van der Waals surface area contributed by atoms with Gasteiger partial charge in [-0.1, -0.05) is 0 Å². The van der Waals surface area contributed by atoms with Gasteiger partial charge in [0.2, 0.25) is 0 Å². The first-order chi connectivity index (χ1) is 13.6. The van der Waals surface area contributed by atoms with Crippen molar-refractivity contribution in [1.29, 1.82) is 0 Å². The van der Waals surface area contributed by atoms with E-state index in [0.717, 1.165) is 45.1 Å². The molecule has 0 unspecified atom stereocenters. The molecule has 0 aliphatic carbocycles. The minimum atomic E-state index is -0.197. The zero-order chi connectivity index (χ0) is 19.3. The standard InChI is InChI=1S/C20H22N6OS/c1-11-12(2)28-19-17(11)18(24-16(25-19)10-26-7-3-4-8-26)21-13-5-6-14-15(9-13)23-20(27)22-14/h5-6,9H,3-4,7-8,10H2,1-2H3,(H,21,24,25)(H2,22,23,27)/p+1. The molecule has 0 spiro atoms. The number of aromatic nitrogens is 4. The van der Waals surface area contributed by atoms with E-state index in [1.165, 1.54) is 36.4 Å². The van der Waals surface area contributed by atoms with Crippen LogP contribution >= 0.6 is 11.3 Å². The summed E-state index contributed by atoms with van der Waals surface area (Å²) in [6.07, 6.45) is 2.57. The number of H-pyrrole nitrogens is 2. The number of thiophene rings is 1. The fourth-order valence-electron chi connectivity index (χ4n) is 3.99. The van der Waals surface area contributed by atoms with E-state index in [1.54, 1.807) is 16.2 Å². The Balaban J connectivity index is 1.57. The lowest BCUT2D eigenvalue weighted by molar-refractivity contribution is -0.902. The van der Waals surface area contributed by atoms with E-state index in [9.17, 15) is 4.79 Å². The normalized spacial score (nSPS) is 15.1. The number of aromatic amines is 2. The van der Waals surface area contributed by atoms with Crippen molar-refractivity contribution in [2.75, 3.05) is 18.4 Å². The van der Waals surface area contributed by atoms with Crippen LogP contribution in [0.4, 0.5) is 11.5 Å². The van der Waals surface area contributed by atoms with Crippen LogP contribution in [0.15, 0.2) is 23.0 Å². The molecule has 1 fully saturated rings. The van der Waals surface area contributed by atoms with Gasteiger partial charge < -0.3 is 20.2 Å². The number of fused-ring (bicyclic) bond motifs is 2. The molecule has 1 aromatic carbocycles. The van der Waals surface area contributed by atoms with Gasteiger partial charge in [-0.25, -0.2) is 14.8 Å². The molecule has 3 aromatic heterocycles. The number of quaternary nitrogens is 1. The topological polar surface area (TPSA) is 90.9 Å². The molecule has 4 aromatic rings. The molecule has 1 aliphatic rings. The molecule has 144 valence electrons. The van der Waals surface area contributed by atoms with Crippen molar-refractivity contribution in [2.45, 2.75) is 33.2 Å². The molecule has 8 heteroatoms. The first-order valence-electron chi connectivity index (χ1n) is 9.66. The number of likely N-dealkylation sites (tertiary alicyclic amines) is 1. The Kier molecular flexibility index (Phi) is 4.17. The van der Waals surface area contributed by atoms with Gasteiger partial charge in [-0.15, -0.1) is 11.3 Å². The molecule has 7 nitrogen and oxygen atoms in total. The van der Waals surface area contributed by atoms with E-state index in [2.05, 4.69) is 29.1 Å². The van der Waals surface area contributed by atoms with Crippen molar-refractivity contribution < 1.29 is 4.90 Å². The molecule has 0 radical (unpaired) electrons. The zero-order valence-corrected chi connectivity index (χ0v) is 16.8. The van der Waals surface area contributed by atoms with Gasteiger partial charge in [-0.2, -0.15) is 0 Å². The number of imidazole rings is 1. The Labute approximate surface area is 165 Å². The first-order valence-corrected chi connectivity index (χ1v) is 10.5. The summed E-state index contributed by atoms with van der Waals surface area (Å²) >= 11 is 1.73. The van der Waals surface area contributed by atoms with Crippen LogP contribution in [0.2, 0.25) is 0 Å². The van der Waals surface area contributed by atoms with Crippen molar-refractivity contribution in [3.63, 3.8) is 0 Å². The van der Waals surface area contributed by atoms with Crippen LogP contribution in [-0.4, -0.2) is 33.0 Å². The fraction of sp³-hybridized carbons (Fsp3) is 0.350.